The van der Waals surface area contributed by atoms with Crippen LogP contribution in [0.5, 0.6) is 11.5 Å². The third-order valence-corrected chi connectivity index (χ3v) is 2.72. The van der Waals surface area contributed by atoms with Crippen LogP contribution < -0.4 is 15.2 Å². The molecular formula is C11H14ClNO2. The minimum absolute atomic E-state index is 0.479. The van der Waals surface area contributed by atoms with Gasteiger partial charge in [-0.1, -0.05) is 17.7 Å². The Balaban J connectivity index is 2.53. The summed E-state index contributed by atoms with van der Waals surface area (Å²) < 4.78 is 10.9. The summed E-state index contributed by atoms with van der Waals surface area (Å²) in [5.74, 6) is 1.30. The van der Waals surface area contributed by atoms with E-state index < -0.39 is 5.54 Å². The van der Waals surface area contributed by atoms with E-state index in [0.29, 0.717) is 29.7 Å². The number of benzene rings is 1. The number of halogens is 1. The second-order valence-corrected chi connectivity index (χ2v) is 4.55. The molecule has 2 N–H and O–H groups in total. The molecule has 15 heavy (non-hydrogen) atoms. The lowest BCUT2D eigenvalue weighted by atomic mass is 9.95. The summed E-state index contributed by atoms with van der Waals surface area (Å²) in [6.07, 6.45) is 0. The molecule has 82 valence electrons. The van der Waals surface area contributed by atoms with Crippen molar-refractivity contribution >= 4 is 11.6 Å². The Labute approximate surface area is 94.1 Å². The van der Waals surface area contributed by atoms with Crippen molar-refractivity contribution in [3.05, 3.63) is 22.7 Å². The zero-order valence-corrected chi connectivity index (χ0v) is 9.60. The van der Waals surface area contributed by atoms with E-state index in [1.807, 2.05) is 26.0 Å². The van der Waals surface area contributed by atoms with Gasteiger partial charge in [0.05, 0.1) is 5.02 Å². The first kappa shape index (κ1) is 10.6. The summed E-state index contributed by atoms with van der Waals surface area (Å²) in [6.45, 7) is 4.91. The Bertz CT molecular complexity index is 385. The molecule has 0 saturated heterocycles. The van der Waals surface area contributed by atoms with Crippen molar-refractivity contribution in [3.63, 3.8) is 0 Å². The number of hydrogen-bond acceptors (Lipinski definition) is 3. The molecule has 2 rings (SSSR count). The van der Waals surface area contributed by atoms with E-state index in [1.54, 1.807) is 0 Å². The number of hydrogen-bond donors (Lipinski definition) is 1. The van der Waals surface area contributed by atoms with Crippen LogP contribution in [0.2, 0.25) is 5.02 Å². The highest BCUT2D eigenvalue weighted by molar-refractivity contribution is 6.33. The minimum Gasteiger partial charge on any atom is -0.486 e. The van der Waals surface area contributed by atoms with E-state index in [-0.39, 0.29) is 0 Å². The molecule has 1 aromatic carbocycles. The summed E-state index contributed by atoms with van der Waals surface area (Å²) in [6, 6.07) is 3.74. The lowest BCUT2D eigenvalue weighted by Crippen LogP contribution is -2.29. The van der Waals surface area contributed by atoms with E-state index in [2.05, 4.69) is 0 Å². The van der Waals surface area contributed by atoms with E-state index in [4.69, 9.17) is 26.8 Å². The van der Waals surface area contributed by atoms with E-state index >= 15 is 0 Å². The second kappa shape index (κ2) is 3.58. The van der Waals surface area contributed by atoms with E-state index in [1.165, 1.54) is 0 Å². The van der Waals surface area contributed by atoms with E-state index in [0.717, 1.165) is 5.56 Å². The van der Waals surface area contributed by atoms with Crippen LogP contribution in [0.1, 0.15) is 19.4 Å². The Kier molecular flexibility index (Phi) is 2.52. The first-order valence-corrected chi connectivity index (χ1v) is 5.25. The molecule has 0 saturated carbocycles. The molecule has 0 amide bonds. The molecule has 1 heterocycles. The van der Waals surface area contributed by atoms with Gasteiger partial charge in [0.2, 0.25) is 0 Å². The van der Waals surface area contributed by atoms with Gasteiger partial charge in [-0.05, 0) is 25.5 Å². The number of rotatable bonds is 1. The molecule has 0 atom stereocenters. The highest BCUT2D eigenvalue weighted by atomic mass is 35.5. The highest BCUT2D eigenvalue weighted by Crippen LogP contribution is 2.41. The van der Waals surface area contributed by atoms with Gasteiger partial charge in [0.1, 0.15) is 13.2 Å². The third kappa shape index (κ3) is 1.90. The smallest absolute Gasteiger partial charge is 0.180 e. The van der Waals surface area contributed by atoms with Gasteiger partial charge in [0.25, 0.3) is 0 Å². The Morgan fingerprint density at radius 3 is 2.60 bits per heavy atom. The lowest BCUT2D eigenvalue weighted by molar-refractivity contribution is 0.171. The topological polar surface area (TPSA) is 44.5 Å². The average Bonchev–Trinajstić information content (AvgIpc) is 2.16. The molecule has 0 unspecified atom stereocenters. The highest BCUT2D eigenvalue weighted by Gasteiger charge is 2.24. The summed E-state index contributed by atoms with van der Waals surface area (Å²) >= 11 is 6.23. The van der Waals surface area contributed by atoms with Crippen molar-refractivity contribution in [1.29, 1.82) is 0 Å². The predicted octanol–water partition coefficient (Wildman–Crippen LogP) is 2.31. The summed E-state index contributed by atoms with van der Waals surface area (Å²) in [5, 5.41) is 0.555. The van der Waals surface area contributed by atoms with Crippen LogP contribution in [0.4, 0.5) is 0 Å². The number of fused-ring (bicyclic) bond motifs is 1. The minimum atomic E-state index is -0.479. The summed E-state index contributed by atoms with van der Waals surface area (Å²) in [7, 11) is 0. The largest absolute Gasteiger partial charge is 0.486 e. The standard InChI is InChI=1S/C11H14ClNO2/c1-11(2,13)7-3-4-8-10(9(7)12)15-6-5-14-8/h3-4H,5-6,13H2,1-2H3. The molecule has 1 aliphatic rings. The average molecular weight is 228 g/mol. The van der Waals surface area contributed by atoms with Crippen LogP contribution in [-0.4, -0.2) is 13.2 Å². The van der Waals surface area contributed by atoms with Crippen molar-refractivity contribution in [2.45, 2.75) is 19.4 Å². The fraction of sp³-hybridized carbons (Fsp3) is 0.455. The molecule has 0 aromatic heterocycles. The van der Waals surface area contributed by atoms with Gasteiger partial charge in [0, 0.05) is 5.54 Å². The van der Waals surface area contributed by atoms with Gasteiger partial charge in [-0.15, -0.1) is 0 Å². The quantitative estimate of drug-likeness (QED) is 0.801. The van der Waals surface area contributed by atoms with Crippen molar-refractivity contribution < 1.29 is 9.47 Å². The number of ether oxygens (including phenoxy) is 2. The van der Waals surface area contributed by atoms with Crippen molar-refractivity contribution in [3.8, 4) is 11.5 Å². The summed E-state index contributed by atoms with van der Waals surface area (Å²) in [5.41, 5.74) is 6.40. The second-order valence-electron chi connectivity index (χ2n) is 4.17. The molecular weight excluding hydrogens is 214 g/mol. The zero-order valence-electron chi connectivity index (χ0n) is 8.84. The Morgan fingerprint density at radius 2 is 1.93 bits per heavy atom. The van der Waals surface area contributed by atoms with Gasteiger partial charge >= 0.3 is 0 Å². The van der Waals surface area contributed by atoms with Gasteiger partial charge in [0.15, 0.2) is 11.5 Å². The van der Waals surface area contributed by atoms with Gasteiger partial charge in [-0.3, -0.25) is 0 Å². The van der Waals surface area contributed by atoms with Crippen LogP contribution in [-0.2, 0) is 5.54 Å². The molecule has 3 nitrogen and oxygen atoms in total. The third-order valence-electron chi connectivity index (χ3n) is 2.34. The zero-order chi connectivity index (χ0) is 11.1. The molecule has 0 spiro atoms. The molecule has 0 aliphatic carbocycles. The number of nitrogens with two attached hydrogens (primary N) is 1. The van der Waals surface area contributed by atoms with Crippen LogP contribution in [0.25, 0.3) is 0 Å². The van der Waals surface area contributed by atoms with Gasteiger partial charge < -0.3 is 15.2 Å². The van der Waals surface area contributed by atoms with Crippen LogP contribution >= 0.6 is 11.6 Å². The Morgan fingerprint density at radius 1 is 1.27 bits per heavy atom. The molecule has 4 heteroatoms. The van der Waals surface area contributed by atoms with Crippen LogP contribution in [0, 0.1) is 0 Å². The first-order valence-electron chi connectivity index (χ1n) is 4.87. The molecule has 0 fully saturated rings. The van der Waals surface area contributed by atoms with Crippen molar-refractivity contribution in [2.24, 2.45) is 5.73 Å². The van der Waals surface area contributed by atoms with E-state index in [9.17, 15) is 0 Å². The molecule has 0 bridgehead atoms. The lowest BCUT2D eigenvalue weighted by Gasteiger charge is -2.25. The molecule has 1 aromatic rings. The maximum absolute atomic E-state index is 6.23. The maximum atomic E-state index is 6.23. The van der Waals surface area contributed by atoms with Gasteiger partial charge in [-0.2, -0.15) is 0 Å². The van der Waals surface area contributed by atoms with Gasteiger partial charge in [-0.25, -0.2) is 0 Å². The fourth-order valence-corrected chi connectivity index (χ4v) is 2.03. The first-order chi connectivity index (χ1) is 7.00. The van der Waals surface area contributed by atoms with Crippen molar-refractivity contribution in [2.75, 3.05) is 13.2 Å². The summed E-state index contributed by atoms with van der Waals surface area (Å²) in [4.78, 5) is 0. The fourth-order valence-electron chi connectivity index (χ4n) is 1.58. The van der Waals surface area contributed by atoms with Crippen molar-refractivity contribution in [1.82, 2.24) is 0 Å². The normalized spacial score (nSPS) is 15.2. The molecule has 0 radical (unpaired) electrons. The SMILES string of the molecule is CC(C)(N)c1ccc2c(c1Cl)OCCO2. The molecule has 1 aliphatic heterocycles. The van der Waals surface area contributed by atoms with Crippen LogP contribution in [0.3, 0.4) is 0 Å². The monoisotopic (exact) mass is 227 g/mol. The van der Waals surface area contributed by atoms with Crippen LogP contribution in [0.15, 0.2) is 12.1 Å². The maximum Gasteiger partial charge on any atom is 0.180 e. The predicted molar refractivity (Wildman–Crippen MR) is 59.7 cm³/mol. The Hall–Kier alpha value is -0.930.